The molecule has 1 aliphatic heterocycles. The van der Waals surface area contributed by atoms with Crippen LogP contribution >= 0.6 is 11.3 Å². The standard InChI is InChI=1S/C22H21N3O3S2/c1-2-30(27,28)24-18-12-10-16(11-13-18)19-15-20(21-9-6-14-29-21)25(23-19)22(26)17-7-4-3-5-8-17/h3-14,20,24H,2,15H2,1H3/t20-/m0/s1. The lowest BCUT2D eigenvalue weighted by Gasteiger charge is -2.20. The van der Waals surface area contributed by atoms with Gasteiger partial charge in [-0.3, -0.25) is 9.52 Å². The minimum absolute atomic E-state index is 0.0144. The van der Waals surface area contributed by atoms with Gasteiger partial charge in [0, 0.05) is 22.5 Å². The number of sulfonamides is 1. The summed E-state index contributed by atoms with van der Waals surface area (Å²) in [6.07, 6.45) is 0.596. The third-order valence-electron chi connectivity index (χ3n) is 4.88. The van der Waals surface area contributed by atoms with Crippen LogP contribution in [-0.2, 0) is 10.0 Å². The lowest BCUT2D eigenvalue weighted by Crippen LogP contribution is -2.26. The van der Waals surface area contributed by atoms with Crippen molar-refractivity contribution in [1.82, 2.24) is 5.01 Å². The van der Waals surface area contributed by atoms with Crippen molar-refractivity contribution >= 4 is 38.7 Å². The van der Waals surface area contributed by atoms with Gasteiger partial charge in [-0.1, -0.05) is 36.4 Å². The van der Waals surface area contributed by atoms with Crippen molar-refractivity contribution in [2.24, 2.45) is 5.10 Å². The summed E-state index contributed by atoms with van der Waals surface area (Å²) in [5.74, 6) is -0.128. The van der Waals surface area contributed by atoms with Crippen molar-refractivity contribution in [1.29, 1.82) is 0 Å². The maximum absolute atomic E-state index is 13.1. The van der Waals surface area contributed by atoms with Crippen LogP contribution in [0.2, 0.25) is 0 Å². The zero-order valence-corrected chi connectivity index (χ0v) is 18.0. The second-order valence-corrected chi connectivity index (χ2v) is 9.87. The molecule has 1 amide bonds. The van der Waals surface area contributed by atoms with E-state index in [1.54, 1.807) is 47.5 Å². The summed E-state index contributed by atoms with van der Waals surface area (Å²) in [6.45, 7) is 1.59. The van der Waals surface area contributed by atoms with Gasteiger partial charge in [0.1, 0.15) is 0 Å². The Hall–Kier alpha value is -2.97. The Labute approximate surface area is 179 Å². The number of benzene rings is 2. The van der Waals surface area contributed by atoms with E-state index in [1.807, 2.05) is 47.8 Å². The van der Waals surface area contributed by atoms with E-state index in [0.717, 1.165) is 16.2 Å². The maximum Gasteiger partial charge on any atom is 0.274 e. The van der Waals surface area contributed by atoms with Crippen LogP contribution in [0.15, 0.2) is 77.2 Å². The topological polar surface area (TPSA) is 78.8 Å². The molecule has 1 atom stereocenters. The van der Waals surface area contributed by atoms with Crippen molar-refractivity contribution in [2.45, 2.75) is 19.4 Å². The molecule has 2 heterocycles. The number of amides is 1. The molecule has 0 spiro atoms. The zero-order chi connectivity index (χ0) is 21.1. The smallest absolute Gasteiger partial charge is 0.274 e. The van der Waals surface area contributed by atoms with Crippen LogP contribution in [0.4, 0.5) is 5.69 Å². The first kappa shape index (κ1) is 20.3. The van der Waals surface area contributed by atoms with Crippen LogP contribution < -0.4 is 4.72 Å². The van der Waals surface area contributed by atoms with E-state index in [0.29, 0.717) is 17.7 Å². The van der Waals surface area contributed by atoms with Gasteiger partial charge in [0.05, 0.1) is 17.5 Å². The van der Waals surface area contributed by atoms with Gasteiger partial charge in [0.15, 0.2) is 0 Å². The second kappa shape index (κ2) is 8.41. The van der Waals surface area contributed by atoms with E-state index in [1.165, 1.54) is 0 Å². The van der Waals surface area contributed by atoms with Gasteiger partial charge in [0.2, 0.25) is 10.0 Å². The van der Waals surface area contributed by atoms with E-state index in [9.17, 15) is 13.2 Å². The summed E-state index contributed by atoms with van der Waals surface area (Å²) in [5.41, 5.74) is 2.75. The Morgan fingerprint density at radius 3 is 2.47 bits per heavy atom. The minimum atomic E-state index is -3.33. The van der Waals surface area contributed by atoms with Crippen molar-refractivity contribution in [3.05, 3.63) is 88.1 Å². The molecule has 1 N–H and O–H groups in total. The average Bonchev–Trinajstić information content (AvgIpc) is 3.44. The summed E-state index contributed by atoms with van der Waals surface area (Å²) in [7, 11) is -3.33. The van der Waals surface area contributed by atoms with E-state index in [-0.39, 0.29) is 17.7 Å². The summed E-state index contributed by atoms with van der Waals surface area (Å²) in [5, 5.41) is 8.21. The molecule has 0 fully saturated rings. The quantitative estimate of drug-likeness (QED) is 0.614. The summed E-state index contributed by atoms with van der Waals surface area (Å²) in [4.78, 5) is 14.2. The van der Waals surface area contributed by atoms with Gasteiger partial charge >= 0.3 is 0 Å². The monoisotopic (exact) mass is 439 g/mol. The fourth-order valence-electron chi connectivity index (χ4n) is 3.27. The number of hydrogen-bond acceptors (Lipinski definition) is 5. The Kier molecular flexibility index (Phi) is 5.69. The van der Waals surface area contributed by atoms with E-state index in [2.05, 4.69) is 9.82 Å². The molecule has 30 heavy (non-hydrogen) atoms. The number of nitrogens with one attached hydrogen (secondary N) is 1. The molecule has 3 aromatic rings. The van der Waals surface area contributed by atoms with Crippen molar-refractivity contribution in [3.8, 4) is 0 Å². The van der Waals surface area contributed by atoms with Crippen LogP contribution in [0.1, 0.15) is 40.2 Å². The number of nitrogens with zero attached hydrogens (tertiary/aromatic N) is 2. The van der Waals surface area contributed by atoms with Gasteiger partial charge in [-0.05, 0) is 48.2 Å². The zero-order valence-electron chi connectivity index (χ0n) is 16.4. The van der Waals surface area contributed by atoms with E-state index in [4.69, 9.17) is 0 Å². The minimum Gasteiger partial charge on any atom is -0.284 e. The van der Waals surface area contributed by atoms with Crippen LogP contribution in [0.25, 0.3) is 0 Å². The SMILES string of the molecule is CCS(=O)(=O)Nc1ccc(C2=NN(C(=O)c3ccccc3)[C@H](c3cccs3)C2)cc1. The highest BCUT2D eigenvalue weighted by Gasteiger charge is 2.34. The Bertz CT molecular complexity index is 1160. The van der Waals surface area contributed by atoms with Crippen LogP contribution in [0.3, 0.4) is 0 Å². The normalized spacial score (nSPS) is 16.4. The lowest BCUT2D eigenvalue weighted by molar-refractivity contribution is 0.0714. The molecule has 0 saturated heterocycles. The number of thiophene rings is 1. The molecule has 0 bridgehead atoms. The van der Waals surface area contributed by atoms with E-state index >= 15 is 0 Å². The molecule has 2 aromatic carbocycles. The molecule has 0 radical (unpaired) electrons. The third kappa shape index (κ3) is 4.29. The van der Waals surface area contributed by atoms with E-state index < -0.39 is 10.0 Å². The van der Waals surface area contributed by atoms with Gasteiger partial charge in [-0.25, -0.2) is 13.4 Å². The first-order valence-electron chi connectivity index (χ1n) is 9.57. The predicted molar refractivity (Wildman–Crippen MR) is 120 cm³/mol. The Morgan fingerprint density at radius 2 is 1.83 bits per heavy atom. The maximum atomic E-state index is 13.1. The van der Waals surface area contributed by atoms with Crippen molar-refractivity contribution in [3.63, 3.8) is 0 Å². The first-order valence-corrected chi connectivity index (χ1v) is 12.1. The molecule has 0 aliphatic carbocycles. The van der Waals surface area contributed by atoms with Crippen molar-refractivity contribution < 1.29 is 13.2 Å². The first-order chi connectivity index (χ1) is 14.5. The molecular weight excluding hydrogens is 418 g/mol. The average molecular weight is 440 g/mol. The van der Waals surface area contributed by atoms with Gasteiger partial charge in [-0.2, -0.15) is 5.10 Å². The molecule has 0 unspecified atom stereocenters. The Balaban J connectivity index is 1.63. The fourth-order valence-corrected chi connectivity index (χ4v) is 4.72. The third-order valence-corrected chi connectivity index (χ3v) is 7.16. The highest BCUT2D eigenvalue weighted by atomic mass is 32.2. The number of hydrogen-bond donors (Lipinski definition) is 1. The highest BCUT2D eigenvalue weighted by Crippen LogP contribution is 2.36. The summed E-state index contributed by atoms with van der Waals surface area (Å²) >= 11 is 1.60. The number of hydrazone groups is 1. The van der Waals surface area contributed by atoms with Gasteiger partial charge in [0.25, 0.3) is 5.91 Å². The number of carbonyl (C=O) groups excluding carboxylic acids is 1. The lowest BCUT2D eigenvalue weighted by atomic mass is 10.0. The molecule has 0 saturated carbocycles. The van der Waals surface area contributed by atoms with Gasteiger partial charge in [-0.15, -0.1) is 11.3 Å². The molecular formula is C22H21N3O3S2. The van der Waals surface area contributed by atoms with Crippen LogP contribution in [0, 0.1) is 0 Å². The van der Waals surface area contributed by atoms with Gasteiger partial charge < -0.3 is 0 Å². The molecule has 1 aromatic heterocycles. The fraction of sp³-hybridized carbons (Fsp3) is 0.182. The largest absolute Gasteiger partial charge is 0.284 e. The number of rotatable bonds is 6. The number of anilines is 1. The van der Waals surface area contributed by atoms with Crippen LogP contribution in [0.5, 0.6) is 0 Å². The molecule has 8 heteroatoms. The highest BCUT2D eigenvalue weighted by molar-refractivity contribution is 7.92. The summed E-state index contributed by atoms with van der Waals surface area (Å²) in [6, 6.07) is 20.0. The molecule has 4 rings (SSSR count). The summed E-state index contributed by atoms with van der Waals surface area (Å²) < 4.78 is 26.1. The molecule has 6 nitrogen and oxygen atoms in total. The van der Waals surface area contributed by atoms with Crippen molar-refractivity contribution in [2.75, 3.05) is 10.5 Å². The second-order valence-electron chi connectivity index (χ2n) is 6.88. The van der Waals surface area contributed by atoms with Crippen LogP contribution in [-0.4, -0.2) is 30.8 Å². The molecule has 154 valence electrons. The molecule has 1 aliphatic rings. The Morgan fingerprint density at radius 1 is 1.10 bits per heavy atom. The predicted octanol–water partition coefficient (Wildman–Crippen LogP) is 4.50. The number of carbonyl (C=O) groups is 1.